The molecule has 0 saturated carbocycles. The molecule has 1 amide bonds. The quantitative estimate of drug-likeness (QED) is 0.876. The van der Waals surface area contributed by atoms with E-state index in [1.54, 1.807) is 6.07 Å². The minimum Gasteiger partial charge on any atom is -0.325 e. The normalized spacial score (nSPS) is 19.1. The van der Waals surface area contributed by atoms with Crippen LogP contribution in [-0.2, 0) is 4.79 Å². The van der Waals surface area contributed by atoms with Crippen molar-refractivity contribution in [3.8, 4) is 0 Å². The highest BCUT2D eigenvalue weighted by atomic mass is 35.5. The van der Waals surface area contributed by atoms with Crippen molar-refractivity contribution in [3.63, 3.8) is 0 Å². The number of likely N-dealkylation sites (tertiary alicyclic amines) is 1. The Morgan fingerprint density at radius 3 is 2.93 bits per heavy atom. The Hall–Kier alpha value is -2.57. The molecule has 0 aromatic heterocycles. The summed E-state index contributed by atoms with van der Waals surface area (Å²) in [6.45, 7) is 1.26. The number of nitrogens with zero attached hydrogens (tertiary/aromatic N) is 2. The number of halogens is 2. The van der Waals surface area contributed by atoms with E-state index in [4.69, 9.17) is 11.6 Å². The fourth-order valence-electron chi connectivity index (χ4n) is 3.51. The summed E-state index contributed by atoms with van der Waals surface area (Å²) >= 11 is 5.74. The molecule has 1 N–H and O–H groups in total. The number of piperidine rings is 1. The number of nitrogens with one attached hydrogen (secondary N) is 1. The summed E-state index contributed by atoms with van der Waals surface area (Å²) < 4.78 is 13.2. The van der Waals surface area contributed by atoms with Gasteiger partial charge in [-0.05, 0) is 36.8 Å². The molecule has 4 rings (SSSR count). The van der Waals surface area contributed by atoms with Gasteiger partial charge < -0.3 is 5.32 Å². The standard InChI is InChI=1S/C20H17ClFN3O2/c21-15-9-12(5-6-16(15)22)23-19(26)11-25-8-7-18-14(10-25)20(27)13-3-1-2-4-17(13)24-18/h1-6,9,14H,7-8,10-11H2,(H,23,26). The number of hydrogen-bond donors (Lipinski definition) is 1. The highest BCUT2D eigenvalue weighted by Crippen LogP contribution is 2.31. The van der Waals surface area contributed by atoms with Gasteiger partial charge in [0.2, 0.25) is 5.91 Å². The van der Waals surface area contributed by atoms with Crippen LogP contribution in [-0.4, -0.2) is 41.9 Å². The topological polar surface area (TPSA) is 61.8 Å². The monoisotopic (exact) mass is 385 g/mol. The summed E-state index contributed by atoms with van der Waals surface area (Å²) in [4.78, 5) is 31.7. The van der Waals surface area contributed by atoms with Crippen molar-refractivity contribution in [2.75, 3.05) is 25.0 Å². The number of Topliss-reactive ketones (excluding diaryl/α,β-unsaturated/α-hetero) is 1. The highest BCUT2D eigenvalue weighted by molar-refractivity contribution is 6.31. The molecule has 0 radical (unpaired) electrons. The number of benzene rings is 2. The second kappa shape index (κ2) is 7.21. The molecule has 0 bridgehead atoms. The van der Waals surface area contributed by atoms with Gasteiger partial charge in [0.25, 0.3) is 0 Å². The third kappa shape index (κ3) is 3.63. The molecule has 2 aliphatic rings. The number of carbonyl (C=O) groups is 2. The number of carbonyl (C=O) groups excluding carboxylic acids is 2. The minimum absolute atomic E-state index is 0.0434. The summed E-state index contributed by atoms with van der Waals surface area (Å²) in [6, 6.07) is 11.4. The van der Waals surface area contributed by atoms with Gasteiger partial charge in [0, 0.05) is 30.1 Å². The zero-order chi connectivity index (χ0) is 19.0. The minimum atomic E-state index is -0.534. The zero-order valence-corrected chi connectivity index (χ0v) is 15.2. The lowest BCUT2D eigenvalue weighted by Crippen LogP contribution is -2.47. The van der Waals surface area contributed by atoms with E-state index in [0.29, 0.717) is 30.8 Å². The lowest BCUT2D eigenvalue weighted by Gasteiger charge is -2.34. The average molecular weight is 386 g/mol. The van der Waals surface area contributed by atoms with Crippen molar-refractivity contribution in [1.82, 2.24) is 4.90 Å². The first-order chi connectivity index (χ1) is 13.0. The Morgan fingerprint density at radius 1 is 1.30 bits per heavy atom. The van der Waals surface area contributed by atoms with Gasteiger partial charge in [0.1, 0.15) is 5.82 Å². The predicted octanol–water partition coefficient (Wildman–Crippen LogP) is 3.71. The van der Waals surface area contributed by atoms with Crippen LogP contribution < -0.4 is 5.32 Å². The molecular formula is C20H17ClFN3O2. The summed E-state index contributed by atoms with van der Waals surface area (Å²) in [7, 11) is 0. The molecule has 2 aromatic rings. The highest BCUT2D eigenvalue weighted by Gasteiger charge is 2.36. The number of fused-ring (bicyclic) bond motifs is 2. The third-order valence-electron chi connectivity index (χ3n) is 4.85. The maximum Gasteiger partial charge on any atom is 0.238 e. The molecule has 1 fully saturated rings. The average Bonchev–Trinajstić information content (AvgIpc) is 2.65. The second-order valence-electron chi connectivity index (χ2n) is 6.70. The van der Waals surface area contributed by atoms with Crippen LogP contribution in [0.4, 0.5) is 15.8 Å². The first-order valence-corrected chi connectivity index (χ1v) is 9.07. The van der Waals surface area contributed by atoms with Crippen molar-refractivity contribution in [3.05, 3.63) is 58.9 Å². The van der Waals surface area contributed by atoms with E-state index in [-0.39, 0.29) is 29.2 Å². The Bertz CT molecular complexity index is 960. The first kappa shape index (κ1) is 17.8. The van der Waals surface area contributed by atoms with Crippen LogP contribution in [0.15, 0.2) is 47.5 Å². The van der Waals surface area contributed by atoms with Gasteiger partial charge in [-0.1, -0.05) is 23.7 Å². The number of hydrogen-bond acceptors (Lipinski definition) is 4. The van der Waals surface area contributed by atoms with Crippen LogP contribution in [0.3, 0.4) is 0 Å². The summed E-state index contributed by atoms with van der Waals surface area (Å²) in [6.07, 6.45) is 0.653. The van der Waals surface area contributed by atoms with Crippen LogP contribution in [0.1, 0.15) is 16.8 Å². The Balaban J connectivity index is 1.42. The fourth-order valence-corrected chi connectivity index (χ4v) is 3.69. The second-order valence-corrected chi connectivity index (χ2v) is 7.11. The van der Waals surface area contributed by atoms with Crippen molar-refractivity contribution < 1.29 is 14.0 Å². The van der Waals surface area contributed by atoms with Crippen LogP contribution in [0.5, 0.6) is 0 Å². The zero-order valence-electron chi connectivity index (χ0n) is 14.4. The van der Waals surface area contributed by atoms with Crippen LogP contribution in [0.2, 0.25) is 5.02 Å². The number of aliphatic imine (C=N–C) groups is 1. The lowest BCUT2D eigenvalue weighted by atomic mass is 9.85. The third-order valence-corrected chi connectivity index (χ3v) is 5.14. The molecule has 7 heteroatoms. The van der Waals surface area contributed by atoms with Crippen molar-refractivity contribution in [1.29, 1.82) is 0 Å². The molecule has 1 atom stereocenters. The van der Waals surface area contributed by atoms with Crippen LogP contribution in [0, 0.1) is 11.7 Å². The number of rotatable bonds is 3. The molecule has 1 unspecified atom stereocenters. The molecular weight excluding hydrogens is 369 g/mol. The van der Waals surface area contributed by atoms with Gasteiger partial charge in [-0.25, -0.2) is 4.39 Å². The molecule has 138 valence electrons. The molecule has 2 aliphatic heterocycles. The van der Waals surface area contributed by atoms with Gasteiger partial charge in [-0.2, -0.15) is 0 Å². The number of amides is 1. The molecule has 2 aromatic carbocycles. The molecule has 2 heterocycles. The van der Waals surface area contributed by atoms with Crippen molar-refractivity contribution in [2.24, 2.45) is 10.9 Å². The lowest BCUT2D eigenvalue weighted by molar-refractivity contribution is -0.117. The predicted molar refractivity (Wildman–Crippen MR) is 102 cm³/mol. The Morgan fingerprint density at radius 2 is 2.11 bits per heavy atom. The number of ketones is 1. The van der Waals surface area contributed by atoms with E-state index in [1.807, 2.05) is 23.1 Å². The van der Waals surface area contributed by atoms with Gasteiger partial charge >= 0.3 is 0 Å². The number of para-hydroxylation sites is 1. The van der Waals surface area contributed by atoms with Gasteiger partial charge in [-0.3, -0.25) is 19.5 Å². The number of anilines is 1. The largest absolute Gasteiger partial charge is 0.325 e. The maximum absolute atomic E-state index is 13.2. The van der Waals surface area contributed by atoms with Gasteiger partial charge in [0.05, 0.1) is 23.2 Å². The molecule has 0 aliphatic carbocycles. The van der Waals surface area contributed by atoms with Gasteiger partial charge in [-0.15, -0.1) is 0 Å². The van der Waals surface area contributed by atoms with Crippen LogP contribution in [0.25, 0.3) is 0 Å². The van der Waals surface area contributed by atoms with Crippen LogP contribution >= 0.6 is 11.6 Å². The Labute approximate surface area is 160 Å². The molecule has 27 heavy (non-hydrogen) atoms. The fraction of sp³-hybridized carbons (Fsp3) is 0.250. The smallest absolute Gasteiger partial charge is 0.238 e. The SMILES string of the molecule is O=C(CN1CCC2=Nc3ccccc3C(=O)C2C1)Nc1ccc(F)c(Cl)c1. The maximum atomic E-state index is 13.2. The van der Waals surface area contributed by atoms with Crippen molar-refractivity contribution >= 4 is 40.4 Å². The van der Waals surface area contributed by atoms with Gasteiger partial charge in [0.15, 0.2) is 5.78 Å². The van der Waals surface area contributed by atoms with E-state index in [9.17, 15) is 14.0 Å². The van der Waals surface area contributed by atoms with E-state index in [2.05, 4.69) is 10.3 Å². The molecule has 5 nitrogen and oxygen atoms in total. The summed E-state index contributed by atoms with van der Waals surface area (Å²) in [5, 5.41) is 2.67. The van der Waals surface area contributed by atoms with Crippen molar-refractivity contribution in [2.45, 2.75) is 6.42 Å². The summed E-state index contributed by atoms with van der Waals surface area (Å²) in [5.41, 5.74) is 2.70. The van der Waals surface area contributed by atoms with E-state index < -0.39 is 5.82 Å². The molecule has 0 spiro atoms. The Kier molecular flexibility index (Phi) is 4.76. The van der Waals surface area contributed by atoms with E-state index >= 15 is 0 Å². The first-order valence-electron chi connectivity index (χ1n) is 8.69. The van der Waals surface area contributed by atoms with E-state index in [0.717, 1.165) is 11.4 Å². The molecule has 1 saturated heterocycles. The summed E-state index contributed by atoms with van der Waals surface area (Å²) in [5.74, 6) is -1.01. The van der Waals surface area contributed by atoms with E-state index in [1.165, 1.54) is 18.2 Å².